The lowest BCUT2D eigenvalue weighted by atomic mass is 9.96. The van der Waals surface area contributed by atoms with E-state index in [1.54, 1.807) is 0 Å². The molecular weight excluding hydrogens is 292 g/mol. The summed E-state index contributed by atoms with van der Waals surface area (Å²) in [5.74, 6) is 1.09. The Morgan fingerprint density at radius 1 is 1.26 bits per heavy atom. The lowest BCUT2D eigenvalue weighted by Gasteiger charge is -2.45. The maximum absolute atomic E-state index is 12.4. The van der Waals surface area contributed by atoms with Crippen molar-refractivity contribution in [2.24, 2.45) is 0 Å². The summed E-state index contributed by atoms with van der Waals surface area (Å²) in [6, 6.07) is 2.45. The number of aryl methyl sites for hydroxylation is 2. The minimum absolute atomic E-state index is 0.128. The molecule has 1 amide bonds. The summed E-state index contributed by atoms with van der Waals surface area (Å²) >= 11 is 0. The van der Waals surface area contributed by atoms with E-state index in [1.807, 2.05) is 11.9 Å². The fourth-order valence-corrected chi connectivity index (χ4v) is 3.70. The van der Waals surface area contributed by atoms with E-state index < -0.39 is 0 Å². The van der Waals surface area contributed by atoms with Crippen LogP contribution in [0.2, 0.25) is 0 Å². The molecule has 1 unspecified atom stereocenters. The summed E-state index contributed by atoms with van der Waals surface area (Å²) in [7, 11) is 1.89. The summed E-state index contributed by atoms with van der Waals surface area (Å²) in [6.07, 6.45) is 6.28. The second-order valence-corrected chi connectivity index (χ2v) is 6.89. The van der Waals surface area contributed by atoms with Crippen molar-refractivity contribution >= 4 is 11.7 Å². The Balaban J connectivity index is 1.36. The molecule has 1 aromatic rings. The number of amides is 1. The maximum Gasteiger partial charge on any atom is 0.251 e. The van der Waals surface area contributed by atoms with Gasteiger partial charge in [0.1, 0.15) is 6.10 Å². The number of fused-ring (bicyclic) bond motifs is 1. The molecule has 3 heterocycles. The zero-order valence-corrected chi connectivity index (χ0v) is 13.7. The molecule has 2 saturated heterocycles. The van der Waals surface area contributed by atoms with Crippen molar-refractivity contribution in [1.29, 1.82) is 0 Å². The quantitative estimate of drug-likeness (QED) is 0.838. The van der Waals surface area contributed by atoms with E-state index in [9.17, 15) is 4.79 Å². The summed E-state index contributed by atoms with van der Waals surface area (Å²) < 4.78 is 5.50. The van der Waals surface area contributed by atoms with Gasteiger partial charge in [0.15, 0.2) is 5.82 Å². The van der Waals surface area contributed by atoms with Crippen LogP contribution < -0.4 is 4.90 Å². The zero-order chi connectivity index (χ0) is 15.8. The molecule has 0 bridgehead atoms. The molecular formula is C17H24N4O2. The summed E-state index contributed by atoms with van der Waals surface area (Å²) in [4.78, 5) is 16.4. The van der Waals surface area contributed by atoms with Crippen molar-refractivity contribution < 1.29 is 9.53 Å². The van der Waals surface area contributed by atoms with Crippen LogP contribution in [0.3, 0.4) is 0 Å². The van der Waals surface area contributed by atoms with Crippen molar-refractivity contribution in [1.82, 2.24) is 15.1 Å². The molecule has 1 aromatic heterocycles. The Kier molecular flexibility index (Phi) is 3.93. The van der Waals surface area contributed by atoms with Crippen molar-refractivity contribution in [2.45, 2.75) is 50.7 Å². The van der Waals surface area contributed by atoms with Crippen LogP contribution >= 0.6 is 0 Å². The van der Waals surface area contributed by atoms with Crippen LogP contribution in [-0.2, 0) is 22.4 Å². The van der Waals surface area contributed by atoms with Gasteiger partial charge in [-0.3, -0.25) is 4.79 Å². The predicted molar refractivity (Wildman–Crippen MR) is 86.4 cm³/mol. The molecule has 23 heavy (non-hydrogen) atoms. The van der Waals surface area contributed by atoms with Crippen molar-refractivity contribution in [3.63, 3.8) is 0 Å². The van der Waals surface area contributed by atoms with Gasteiger partial charge in [-0.15, -0.1) is 5.10 Å². The van der Waals surface area contributed by atoms with Gasteiger partial charge in [0.05, 0.1) is 11.7 Å². The third kappa shape index (κ3) is 2.80. The fraction of sp³-hybridized carbons (Fsp3) is 0.706. The molecule has 3 aliphatic rings. The molecule has 4 rings (SSSR count). The molecule has 1 atom stereocenters. The fourth-order valence-electron chi connectivity index (χ4n) is 3.70. The molecule has 2 fully saturated rings. The summed E-state index contributed by atoms with van der Waals surface area (Å²) in [6.45, 7) is 2.39. The van der Waals surface area contributed by atoms with Crippen molar-refractivity contribution in [3.05, 3.63) is 17.3 Å². The van der Waals surface area contributed by atoms with E-state index in [2.05, 4.69) is 21.2 Å². The number of carbonyl (C=O) groups is 1. The third-order valence-corrected chi connectivity index (χ3v) is 5.34. The maximum atomic E-state index is 12.4. The monoisotopic (exact) mass is 316 g/mol. The number of hydrogen-bond donors (Lipinski definition) is 0. The Morgan fingerprint density at radius 2 is 2.09 bits per heavy atom. The lowest BCUT2D eigenvalue weighted by molar-refractivity contribution is -0.142. The molecule has 1 aliphatic carbocycles. The van der Waals surface area contributed by atoms with Gasteiger partial charge in [-0.25, -0.2) is 0 Å². The zero-order valence-electron chi connectivity index (χ0n) is 13.7. The highest BCUT2D eigenvalue weighted by atomic mass is 16.5. The summed E-state index contributed by atoms with van der Waals surface area (Å²) in [5, 5.41) is 8.78. The van der Waals surface area contributed by atoms with Crippen LogP contribution in [0.5, 0.6) is 0 Å². The SMILES string of the molecule is CN(C(=O)C1CCCO1)C1CN(c2cc3c(nn2)CCCC3)C1. The number of nitrogens with zero attached hydrogens (tertiary/aromatic N) is 4. The Morgan fingerprint density at radius 3 is 2.87 bits per heavy atom. The highest BCUT2D eigenvalue weighted by molar-refractivity contribution is 5.81. The van der Waals surface area contributed by atoms with Gasteiger partial charge in [-0.1, -0.05) is 0 Å². The average Bonchev–Trinajstić information content (AvgIpc) is 3.07. The molecule has 6 heteroatoms. The van der Waals surface area contributed by atoms with Crippen LogP contribution in [0.15, 0.2) is 6.07 Å². The molecule has 0 saturated carbocycles. The first-order chi connectivity index (χ1) is 11.2. The highest BCUT2D eigenvalue weighted by Crippen LogP contribution is 2.26. The Bertz CT molecular complexity index is 594. The van der Waals surface area contributed by atoms with Crippen LogP contribution in [0.4, 0.5) is 5.82 Å². The van der Waals surface area contributed by atoms with Crippen molar-refractivity contribution in [2.75, 3.05) is 31.6 Å². The van der Waals surface area contributed by atoms with Gasteiger partial charge in [0.2, 0.25) is 0 Å². The highest BCUT2D eigenvalue weighted by Gasteiger charge is 2.37. The van der Waals surface area contributed by atoms with Gasteiger partial charge < -0.3 is 14.5 Å². The molecule has 0 N–H and O–H groups in total. The van der Waals surface area contributed by atoms with Crippen LogP contribution in [0.25, 0.3) is 0 Å². The van der Waals surface area contributed by atoms with Gasteiger partial charge in [-0.05, 0) is 50.2 Å². The number of anilines is 1. The van der Waals surface area contributed by atoms with E-state index in [0.29, 0.717) is 6.61 Å². The first-order valence-electron chi connectivity index (χ1n) is 8.71. The van der Waals surface area contributed by atoms with Gasteiger partial charge in [-0.2, -0.15) is 5.10 Å². The second kappa shape index (κ2) is 6.07. The van der Waals surface area contributed by atoms with E-state index in [0.717, 1.165) is 44.6 Å². The van der Waals surface area contributed by atoms with Crippen LogP contribution in [0.1, 0.15) is 36.9 Å². The van der Waals surface area contributed by atoms with Crippen molar-refractivity contribution in [3.8, 4) is 0 Å². The minimum Gasteiger partial charge on any atom is -0.368 e. The Hall–Kier alpha value is -1.69. The standard InChI is InChI=1S/C17H24N4O2/c1-20(17(22)15-7-4-8-23-15)13-10-21(11-13)16-9-12-5-2-3-6-14(12)18-19-16/h9,13,15H,2-8,10-11H2,1H3. The van der Waals surface area contributed by atoms with E-state index >= 15 is 0 Å². The predicted octanol–water partition coefficient (Wildman–Crippen LogP) is 1.18. The number of hydrogen-bond acceptors (Lipinski definition) is 5. The first kappa shape index (κ1) is 14.9. The van der Waals surface area contributed by atoms with Gasteiger partial charge in [0, 0.05) is 26.7 Å². The number of aromatic nitrogens is 2. The van der Waals surface area contributed by atoms with Gasteiger partial charge >= 0.3 is 0 Å². The second-order valence-electron chi connectivity index (χ2n) is 6.89. The lowest BCUT2D eigenvalue weighted by Crippen LogP contribution is -2.61. The molecule has 2 aliphatic heterocycles. The molecule has 6 nitrogen and oxygen atoms in total. The number of ether oxygens (including phenoxy) is 1. The van der Waals surface area contributed by atoms with Crippen LogP contribution in [0, 0.1) is 0 Å². The number of rotatable bonds is 3. The van der Waals surface area contributed by atoms with Gasteiger partial charge in [0.25, 0.3) is 5.91 Å². The molecule has 0 radical (unpaired) electrons. The average molecular weight is 316 g/mol. The van der Waals surface area contributed by atoms with E-state index in [1.165, 1.54) is 24.1 Å². The topological polar surface area (TPSA) is 58.6 Å². The third-order valence-electron chi connectivity index (χ3n) is 5.34. The molecule has 124 valence electrons. The number of likely N-dealkylation sites (N-methyl/N-ethyl adjacent to an activating group) is 1. The summed E-state index contributed by atoms with van der Waals surface area (Å²) in [5.41, 5.74) is 2.52. The minimum atomic E-state index is -0.224. The molecule has 0 aromatic carbocycles. The van der Waals surface area contributed by atoms with E-state index in [4.69, 9.17) is 4.74 Å². The smallest absolute Gasteiger partial charge is 0.251 e. The number of carbonyl (C=O) groups excluding carboxylic acids is 1. The first-order valence-corrected chi connectivity index (χ1v) is 8.71. The normalized spacial score (nSPS) is 24.2. The molecule has 0 spiro atoms. The van der Waals surface area contributed by atoms with Crippen LogP contribution in [-0.4, -0.2) is 59.9 Å². The van der Waals surface area contributed by atoms with E-state index in [-0.39, 0.29) is 18.1 Å². The Labute approximate surface area is 136 Å². The largest absolute Gasteiger partial charge is 0.368 e.